The van der Waals surface area contributed by atoms with Gasteiger partial charge in [0.1, 0.15) is 0 Å². The largest absolute Gasteiger partial charge is 0.462 e. The van der Waals surface area contributed by atoms with Gasteiger partial charge in [0.25, 0.3) is 0 Å². The Hall–Kier alpha value is -1.71. The van der Waals surface area contributed by atoms with Gasteiger partial charge in [-0.25, -0.2) is 4.79 Å². The number of hydrogen-bond acceptors (Lipinski definition) is 4. The van der Waals surface area contributed by atoms with Crippen molar-refractivity contribution in [1.82, 2.24) is 0 Å². The molecule has 0 spiro atoms. The molecule has 1 saturated heterocycles. The zero-order valence-electron chi connectivity index (χ0n) is 12.7. The molecule has 21 heavy (non-hydrogen) atoms. The van der Waals surface area contributed by atoms with Crippen LogP contribution < -0.4 is 10.6 Å². The van der Waals surface area contributed by atoms with Crippen LogP contribution in [0.2, 0.25) is 0 Å². The Morgan fingerprint density at radius 3 is 2.95 bits per heavy atom. The number of nitrogens with zero attached hydrogens (tertiary/aromatic N) is 1. The van der Waals surface area contributed by atoms with E-state index < -0.39 is 0 Å². The van der Waals surface area contributed by atoms with Gasteiger partial charge in [-0.3, -0.25) is 0 Å². The fraction of sp³-hybridized carbons (Fsp3) is 0.588. The molecule has 4 nitrogen and oxygen atoms in total. The number of anilines is 2. The quantitative estimate of drug-likeness (QED) is 0.685. The molecule has 3 rings (SSSR count). The second kappa shape index (κ2) is 5.96. The molecule has 2 atom stereocenters. The molecule has 1 aromatic carbocycles. The number of carbonyl (C=O) groups excluding carboxylic acids is 1. The molecule has 1 aliphatic carbocycles. The number of hydrogen-bond donors (Lipinski definition) is 1. The zero-order chi connectivity index (χ0) is 14.8. The summed E-state index contributed by atoms with van der Waals surface area (Å²) in [5.74, 6) is 0.473. The number of nitrogens with two attached hydrogens (primary N) is 1. The van der Waals surface area contributed by atoms with Crippen LogP contribution in [0.15, 0.2) is 18.2 Å². The number of ether oxygens (including phenoxy) is 1. The zero-order valence-corrected chi connectivity index (χ0v) is 12.7. The van der Waals surface area contributed by atoms with Crippen molar-refractivity contribution in [2.45, 2.75) is 45.1 Å². The minimum absolute atomic E-state index is 0.322. The van der Waals surface area contributed by atoms with Crippen LogP contribution in [0.5, 0.6) is 0 Å². The van der Waals surface area contributed by atoms with Gasteiger partial charge in [-0.05, 0) is 50.7 Å². The lowest BCUT2D eigenvalue weighted by Gasteiger charge is -2.40. The lowest BCUT2D eigenvalue weighted by atomic mass is 9.91. The van der Waals surface area contributed by atoms with Crippen molar-refractivity contribution in [2.24, 2.45) is 5.92 Å². The first-order chi connectivity index (χ1) is 10.2. The van der Waals surface area contributed by atoms with E-state index in [1.165, 1.54) is 32.1 Å². The molecule has 2 fully saturated rings. The Morgan fingerprint density at radius 2 is 2.14 bits per heavy atom. The second-order valence-electron chi connectivity index (χ2n) is 6.05. The van der Waals surface area contributed by atoms with E-state index >= 15 is 0 Å². The summed E-state index contributed by atoms with van der Waals surface area (Å²) < 4.78 is 5.10. The van der Waals surface area contributed by atoms with Crippen molar-refractivity contribution in [3.63, 3.8) is 0 Å². The minimum Gasteiger partial charge on any atom is -0.462 e. The summed E-state index contributed by atoms with van der Waals surface area (Å²) in [6.07, 6.45) is 6.43. The third-order valence-corrected chi connectivity index (χ3v) is 4.88. The van der Waals surface area contributed by atoms with Crippen LogP contribution in [-0.2, 0) is 4.74 Å². The van der Waals surface area contributed by atoms with Gasteiger partial charge in [-0.1, -0.05) is 12.5 Å². The molecule has 1 aliphatic heterocycles. The van der Waals surface area contributed by atoms with Crippen LogP contribution in [0, 0.1) is 5.92 Å². The number of para-hydroxylation sites is 1. The van der Waals surface area contributed by atoms with Crippen molar-refractivity contribution in [3.8, 4) is 0 Å². The minimum atomic E-state index is -0.322. The summed E-state index contributed by atoms with van der Waals surface area (Å²) >= 11 is 0. The molecule has 0 radical (unpaired) electrons. The van der Waals surface area contributed by atoms with Crippen LogP contribution >= 0.6 is 0 Å². The number of nitrogen functional groups attached to an aromatic ring is 1. The van der Waals surface area contributed by atoms with Gasteiger partial charge in [0.15, 0.2) is 0 Å². The van der Waals surface area contributed by atoms with Crippen LogP contribution in [0.25, 0.3) is 0 Å². The lowest BCUT2D eigenvalue weighted by Crippen LogP contribution is -2.43. The van der Waals surface area contributed by atoms with E-state index in [2.05, 4.69) is 4.90 Å². The molecule has 0 amide bonds. The molecule has 2 N–H and O–H groups in total. The Kier molecular flexibility index (Phi) is 4.04. The first-order valence-corrected chi connectivity index (χ1v) is 8.04. The van der Waals surface area contributed by atoms with Crippen LogP contribution in [0.4, 0.5) is 11.4 Å². The second-order valence-corrected chi connectivity index (χ2v) is 6.05. The maximum atomic E-state index is 12.0. The highest BCUT2D eigenvalue weighted by atomic mass is 16.5. The maximum Gasteiger partial charge on any atom is 0.340 e. The van der Waals surface area contributed by atoms with Crippen molar-refractivity contribution < 1.29 is 9.53 Å². The van der Waals surface area contributed by atoms with Gasteiger partial charge in [-0.15, -0.1) is 0 Å². The first-order valence-electron chi connectivity index (χ1n) is 8.04. The van der Waals surface area contributed by atoms with E-state index in [4.69, 9.17) is 10.5 Å². The fourth-order valence-electron chi connectivity index (χ4n) is 3.94. The average molecular weight is 288 g/mol. The third kappa shape index (κ3) is 2.59. The lowest BCUT2D eigenvalue weighted by molar-refractivity contribution is 0.0527. The number of carbonyl (C=O) groups is 1. The molecule has 4 heteroatoms. The van der Waals surface area contributed by atoms with Crippen molar-refractivity contribution >= 4 is 17.3 Å². The van der Waals surface area contributed by atoms with Gasteiger partial charge in [0.05, 0.1) is 23.5 Å². The number of piperidine rings is 1. The topological polar surface area (TPSA) is 55.6 Å². The van der Waals surface area contributed by atoms with Gasteiger partial charge < -0.3 is 15.4 Å². The molecule has 114 valence electrons. The molecule has 2 unspecified atom stereocenters. The number of fused-ring (bicyclic) bond motifs is 1. The number of benzene rings is 1. The van der Waals surface area contributed by atoms with Gasteiger partial charge in [0, 0.05) is 12.6 Å². The highest BCUT2D eigenvalue weighted by Gasteiger charge is 2.36. The molecule has 1 heterocycles. The Bertz CT molecular complexity index is 530. The van der Waals surface area contributed by atoms with Gasteiger partial charge in [0.2, 0.25) is 0 Å². The Balaban J connectivity index is 1.91. The van der Waals surface area contributed by atoms with Crippen molar-refractivity contribution in [3.05, 3.63) is 23.8 Å². The first kappa shape index (κ1) is 14.2. The van der Waals surface area contributed by atoms with Crippen molar-refractivity contribution in [1.29, 1.82) is 0 Å². The van der Waals surface area contributed by atoms with E-state index in [1.54, 1.807) is 6.07 Å². The van der Waals surface area contributed by atoms with Crippen LogP contribution in [0.3, 0.4) is 0 Å². The monoisotopic (exact) mass is 288 g/mol. The standard InChI is InChI=1S/C17H24N2O2/c1-2-21-17(20)13-8-4-10-15(16(13)18)19-11-5-7-12-6-3-9-14(12)19/h4,8,10,12,14H,2-3,5-7,9,11,18H2,1H3. The van der Waals surface area contributed by atoms with Crippen LogP contribution in [0.1, 0.15) is 49.4 Å². The Morgan fingerprint density at radius 1 is 1.33 bits per heavy atom. The number of esters is 1. The summed E-state index contributed by atoms with van der Waals surface area (Å²) in [4.78, 5) is 14.4. The summed E-state index contributed by atoms with van der Waals surface area (Å²) in [6.45, 7) is 3.22. The van der Waals surface area contributed by atoms with Gasteiger partial charge in [-0.2, -0.15) is 0 Å². The Labute approximate surface area is 126 Å². The normalized spacial score (nSPS) is 24.7. The molecule has 1 saturated carbocycles. The average Bonchev–Trinajstić information content (AvgIpc) is 2.96. The smallest absolute Gasteiger partial charge is 0.340 e. The number of rotatable bonds is 3. The predicted molar refractivity (Wildman–Crippen MR) is 84.5 cm³/mol. The van der Waals surface area contributed by atoms with Gasteiger partial charge >= 0.3 is 5.97 Å². The maximum absolute atomic E-state index is 12.0. The predicted octanol–water partition coefficient (Wildman–Crippen LogP) is 3.21. The molecule has 0 aromatic heterocycles. The summed E-state index contributed by atoms with van der Waals surface area (Å²) in [6, 6.07) is 6.31. The summed E-state index contributed by atoms with van der Waals surface area (Å²) in [7, 11) is 0. The van der Waals surface area contributed by atoms with E-state index in [1.807, 2.05) is 19.1 Å². The van der Waals surface area contributed by atoms with E-state index in [0.29, 0.717) is 23.9 Å². The highest BCUT2D eigenvalue weighted by molar-refractivity contribution is 5.98. The molecule has 0 bridgehead atoms. The van der Waals surface area contributed by atoms with Crippen molar-refractivity contribution in [2.75, 3.05) is 23.8 Å². The van der Waals surface area contributed by atoms with E-state index in [-0.39, 0.29) is 5.97 Å². The third-order valence-electron chi connectivity index (χ3n) is 4.88. The van der Waals surface area contributed by atoms with E-state index in [0.717, 1.165) is 18.2 Å². The molecule has 2 aliphatic rings. The summed E-state index contributed by atoms with van der Waals surface area (Å²) in [5, 5.41) is 0. The van der Waals surface area contributed by atoms with Crippen LogP contribution in [-0.4, -0.2) is 25.2 Å². The molecular weight excluding hydrogens is 264 g/mol. The molecule has 1 aromatic rings. The summed E-state index contributed by atoms with van der Waals surface area (Å²) in [5.41, 5.74) is 8.36. The highest BCUT2D eigenvalue weighted by Crippen LogP contribution is 2.41. The fourth-order valence-corrected chi connectivity index (χ4v) is 3.94. The SMILES string of the molecule is CCOC(=O)c1cccc(N2CCCC3CCCC32)c1N. The van der Waals surface area contributed by atoms with E-state index in [9.17, 15) is 4.79 Å². The molecular formula is C17H24N2O2.